The number of hydrogen-bond acceptors (Lipinski definition) is 2. The van der Waals surface area contributed by atoms with Gasteiger partial charge in [-0.05, 0) is 25.3 Å². The molecule has 1 aliphatic rings. The monoisotopic (exact) mass is 283 g/mol. The van der Waals surface area contributed by atoms with Crippen LogP contribution in [-0.2, 0) is 23.8 Å². The van der Waals surface area contributed by atoms with Crippen molar-refractivity contribution in [3.05, 3.63) is 53.6 Å². The standard InChI is InChI=1S/C17H21N3O/c1-13-5-4-6-14(11-13)17(7-8-17)16(21)20(3)12-15-18-9-10-19(15)2/h4-6,9-11H,7-8,12H2,1-3H3. The number of aromatic nitrogens is 2. The predicted molar refractivity (Wildman–Crippen MR) is 81.8 cm³/mol. The smallest absolute Gasteiger partial charge is 0.233 e. The molecule has 21 heavy (non-hydrogen) atoms. The van der Waals surface area contributed by atoms with Gasteiger partial charge in [-0.15, -0.1) is 0 Å². The van der Waals surface area contributed by atoms with Gasteiger partial charge in [-0.3, -0.25) is 4.79 Å². The number of benzene rings is 1. The highest BCUT2D eigenvalue weighted by molar-refractivity contribution is 5.91. The lowest BCUT2D eigenvalue weighted by Crippen LogP contribution is -2.36. The van der Waals surface area contributed by atoms with Crippen LogP contribution in [0.1, 0.15) is 29.8 Å². The molecule has 1 saturated carbocycles. The van der Waals surface area contributed by atoms with Crippen LogP contribution in [0.5, 0.6) is 0 Å². The van der Waals surface area contributed by atoms with E-state index < -0.39 is 0 Å². The molecular weight excluding hydrogens is 262 g/mol. The van der Waals surface area contributed by atoms with Gasteiger partial charge in [-0.25, -0.2) is 4.98 Å². The summed E-state index contributed by atoms with van der Waals surface area (Å²) in [5.41, 5.74) is 2.06. The summed E-state index contributed by atoms with van der Waals surface area (Å²) < 4.78 is 1.95. The number of carbonyl (C=O) groups excluding carboxylic acids is 1. The molecule has 0 radical (unpaired) electrons. The number of rotatable bonds is 4. The first-order valence-electron chi connectivity index (χ1n) is 7.32. The molecular formula is C17H21N3O. The van der Waals surface area contributed by atoms with Crippen LogP contribution >= 0.6 is 0 Å². The molecule has 0 aliphatic heterocycles. The third-order valence-corrected chi connectivity index (χ3v) is 4.38. The van der Waals surface area contributed by atoms with Gasteiger partial charge in [0, 0.05) is 26.5 Å². The fourth-order valence-electron chi connectivity index (χ4n) is 2.89. The first-order chi connectivity index (χ1) is 10.0. The summed E-state index contributed by atoms with van der Waals surface area (Å²) in [6.45, 7) is 2.62. The van der Waals surface area contributed by atoms with Crippen molar-refractivity contribution in [1.82, 2.24) is 14.5 Å². The van der Waals surface area contributed by atoms with Crippen molar-refractivity contribution in [2.75, 3.05) is 7.05 Å². The quantitative estimate of drug-likeness (QED) is 0.864. The second kappa shape index (κ2) is 5.02. The first-order valence-corrected chi connectivity index (χ1v) is 7.32. The number of carbonyl (C=O) groups is 1. The second-order valence-corrected chi connectivity index (χ2v) is 6.07. The van der Waals surface area contributed by atoms with Crippen molar-refractivity contribution in [2.45, 2.75) is 31.7 Å². The van der Waals surface area contributed by atoms with Crippen LogP contribution in [0, 0.1) is 6.92 Å². The van der Waals surface area contributed by atoms with Crippen LogP contribution in [0.4, 0.5) is 0 Å². The van der Waals surface area contributed by atoms with E-state index in [9.17, 15) is 4.79 Å². The lowest BCUT2D eigenvalue weighted by Gasteiger charge is -2.24. The van der Waals surface area contributed by atoms with Crippen LogP contribution in [0.3, 0.4) is 0 Å². The van der Waals surface area contributed by atoms with Crippen LogP contribution < -0.4 is 0 Å². The number of imidazole rings is 1. The highest BCUT2D eigenvalue weighted by atomic mass is 16.2. The highest BCUT2D eigenvalue weighted by Gasteiger charge is 2.52. The average Bonchev–Trinajstić information content (AvgIpc) is 3.18. The summed E-state index contributed by atoms with van der Waals surface area (Å²) in [4.78, 5) is 19.0. The lowest BCUT2D eigenvalue weighted by atomic mass is 9.93. The Hall–Kier alpha value is -2.10. The Labute approximate surface area is 125 Å². The summed E-state index contributed by atoms with van der Waals surface area (Å²) in [5, 5.41) is 0. The molecule has 1 aliphatic carbocycles. The number of nitrogens with zero attached hydrogens (tertiary/aromatic N) is 3. The maximum absolute atomic E-state index is 12.9. The Morgan fingerprint density at radius 1 is 1.43 bits per heavy atom. The molecule has 110 valence electrons. The molecule has 3 rings (SSSR count). The van der Waals surface area contributed by atoms with Gasteiger partial charge in [-0.1, -0.05) is 29.8 Å². The molecule has 0 atom stereocenters. The third-order valence-electron chi connectivity index (χ3n) is 4.38. The van der Waals surface area contributed by atoms with Gasteiger partial charge in [0.2, 0.25) is 5.91 Å². The van der Waals surface area contributed by atoms with Gasteiger partial charge < -0.3 is 9.47 Å². The van der Waals surface area contributed by atoms with Gasteiger partial charge in [0.25, 0.3) is 0 Å². The second-order valence-electron chi connectivity index (χ2n) is 6.07. The SMILES string of the molecule is Cc1cccc(C2(C(=O)N(C)Cc3nccn3C)CC2)c1. The molecule has 1 heterocycles. The van der Waals surface area contributed by atoms with E-state index in [1.165, 1.54) is 5.56 Å². The van der Waals surface area contributed by atoms with E-state index >= 15 is 0 Å². The van der Waals surface area contributed by atoms with Crippen LogP contribution in [-0.4, -0.2) is 27.4 Å². The Balaban J connectivity index is 1.80. The molecule has 1 amide bonds. The zero-order chi connectivity index (χ0) is 15.0. The fourth-order valence-corrected chi connectivity index (χ4v) is 2.89. The van der Waals surface area contributed by atoms with E-state index in [-0.39, 0.29) is 11.3 Å². The van der Waals surface area contributed by atoms with Crippen LogP contribution in [0.25, 0.3) is 0 Å². The van der Waals surface area contributed by atoms with Gasteiger partial charge in [0.1, 0.15) is 5.82 Å². The van der Waals surface area contributed by atoms with Crippen LogP contribution in [0.2, 0.25) is 0 Å². The van der Waals surface area contributed by atoms with Gasteiger partial charge in [0.05, 0.1) is 12.0 Å². The molecule has 4 heteroatoms. The van der Waals surface area contributed by atoms with E-state index in [4.69, 9.17) is 0 Å². The zero-order valence-corrected chi connectivity index (χ0v) is 12.8. The molecule has 0 N–H and O–H groups in total. The number of amides is 1. The molecule has 1 aromatic heterocycles. The molecule has 2 aromatic rings. The lowest BCUT2D eigenvalue weighted by molar-refractivity contribution is -0.133. The minimum atomic E-state index is -0.300. The van der Waals surface area contributed by atoms with Gasteiger partial charge in [-0.2, -0.15) is 0 Å². The number of aryl methyl sites for hydroxylation is 2. The van der Waals surface area contributed by atoms with Crippen LogP contribution in [0.15, 0.2) is 36.7 Å². The Morgan fingerprint density at radius 2 is 2.19 bits per heavy atom. The van der Waals surface area contributed by atoms with Gasteiger partial charge >= 0.3 is 0 Å². The Kier molecular flexibility index (Phi) is 3.32. The summed E-state index contributed by atoms with van der Waals surface area (Å²) in [5.74, 6) is 1.11. The van der Waals surface area contributed by atoms with Crippen molar-refractivity contribution in [3.8, 4) is 0 Å². The van der Waals surface area contributed by atoms with E-state index in [0.29, 0.717) is 6.54 Å². The summed E-state index contributed by atoms with van der Waals surface area (Å²) >= 11 is 0. The highest BCUT2D eigenvalue weighted by Crippen LogP contribution is 2.49. The van der Waals surface area contributed by atoms with E-state index in [2.05, 4.69) is 30.1 Å². The normalized spacial score (nSPS) is 15.8. The molecule has 1 fully saturated rings. The van der Waals surface area contributed by atoms with E-state index in [0.717, 1.165) is 24.2 Å². The predicted octanol–water partition coefficient (Wildman–Crippen LogP) is 2.42. The van der Waals surface area contributed by atoms with Gasteiger partial charge in [0.15, 0.2) is 0 Å². The van der Waals surface area contributed by atoms with Crippen molar-refractivity contribution in [2.24, 2.45) is 7.05 Å². The average molecular weight is 283 g/mol. The summed E-state index contributed by atoms with van der Waals surface area (Å²) in [7, 11) is 3.82. The molecule has 0 saturated heterocycles. The first kappa shape index (κ1) is 13.9. The third kappa shape index (κ3) is 2.46. The minimum Gasteiger partial charge on any atom is -0.338 e. The molecule has 0 spiro atoms. The minimum absolute atomic E-state index is 0.205. The van der Waals surface area contributed by atoms with Crippen molar-refractivity contribution in [1.29, 1.82) is 0 Å². The molecule has 0 bridgehead atoms. The molecule has 1 aromatic carbocycles. The number of likely N-dealkylation sites (N-methyl/N-ethyl adjacent to an activating group) is 1. The maximum Gasteiger partial charge on any atom is 0.233 e. The maximum atomic E-state index is 12.9. The summed E-state index contributed by atoms with van der Waals surface area (Å²) in [6.07, 6.45) is 5.56. The molecule has 4 nitrogen and oxygen atoms in total. The van der Waals surface area contributed by atoms with E-state index in [1.807, 2.05) is 30.9 Å². The Bertz CT molecular complexity index is 670. The molecule has 0 unspecified atom stereocenters. The van der Waals surface area contributed by atoms with Crippen molar-refractivity contribution < 1.29 is 4.79 Å². The van der Waals surface area contributed by atoms with E-state index in [1.54, 1.807) is 11.1 Å². The largest absolute Gasteiger partial charge is 0.338 e. The fraction of sp³-hybridized carbons (Fsp3) is 0.412. The Morgan fingerprint density at radius 3 is 2.76 bits per heavy atom. The summed E-state index contributed by atoms with van der Waals surface area (Å²) in [6, 6.07) is 8.32. The zero-order valence-electron chi connectivity index (χ0n) is 12.8. The topological polar surface area (TPSA) is 38.1 Å². The van der Waals surface area contributed by atoms with Crippen molar-refractivity contribution in [3.63, 3.8) is 0 Å². The number of hydrogen-bond donors (Lipinski definition) is 0. The van der Waals surface area contributed by atoms with Crippen molar-refractivity contribution >= 4 is 5.91 Å².